The van der Waals surface area contributed by atoms with E-state index in [0.29, 0.717) is 29.0 Å². The largest absolute Gasteiger partial charge is 0.506 e. The van der Waals surface area contributed by atoms with E-state index in [-0.39, 0.29) is 5.75 Å². The molecule has 8 heteroatoms. The summed E-state index contributed by atoms with van der Waals surface area (Å²) in [6, 6.07) is 25.0. The number of fused-ring (bicyclic) bond motifs is 2. The van der Waals surface area contributed by atoms with Gasteiger partial charge in [0.2, 0.25) is 0 Å². The molecule has 2 N–H and O–H groups in total. The van der Waals surface area contributed by atoms with Gasteiger partial charge in [0.05, 0.1) is 0 Å². The van der Waals surface area contributed by atoms with E-state index in [4.69, 9.17) is 0 Å². The molecule has 4 aromatic carbocycles. The van der Waals surface area contributed by atoms with Gasteiger partial charge in [0.25, 0.3) is 0 Å². The van der Waals surface area contributed by atoms with Gasteiger partial charge in [-0.3, -0.25) is 0 Å². The number of hydrogen-bond donors (Lipinski definition) is 2. The Kier molecular flexibility index (Phi) is 9.04. The van der Waals surface area contributed by atoms with E-state index in [1.165, 1.54) is 10.4 Å². The summed E-state index contributed by atoms with van der Waals surface area (Å²) in [5.74, 6) is 1.73. The molecule has 0 saturated carbocycles. The number of hydrogen-bond acceptors (Lipinski definition) is 6. The van der Waals surface area contributed by atoms with Crippen LogP contribution in [-0.4, -0.2) is 40.2 Å². The first-order valence-electron chi connectivity index (χ1n) is 15.0. The number of nitrogens with zero attached hydrogens (tertiary/aromatic N) is 6. The zero-order valence-corrected chi connectivity index (χ0v) is 25.6. The summed E-state index contributed by atoms with van der Waals surface area (Å²) >= 11 is 0. The Bertz CT molecular complexity index is 1770. The van der Waals surface area contributed by atoms with Crippen molar-refractivity contribution in [2.75, 3.05) is 0 Å². The SMILES string of the molecule is CC(C)CCc1cc(CCC(C)C)c(O)c(-n2nc3ccccc3n2)c1.Cc1ccc(O)c(-n2nc3ccccc3n2)c1. The van der Waals surface area contributed by atoms with Gasteiger partial charge in [-0.15, -0.1) is 30.0 Å². The fourth-order valence-corrected chi connectivity index (χ4v) is 4.86. The first kappa shape index (κ1) is 29.8. The van der Waals surface area contributed by atoms with Crippen molar-refractivity contribution in [2.45, 2.75) is 60.3 Å². The predicted molar refractivity (Wildman–Crippen MR) is 172 cm³/mol. The Balaban J connectivity index is 0.000000186. The molecule has 222 valence electrons. The van der Waals surface area contributed by atoms with Crippen molar-refractivity contribution < 1.29 is 10.2 Å². The highest BCUT2D eigenvalue weighted by Crippen LogP contribution is 2.31. The highest BCUT2D eigenvalue weighted by Gasteiger charge is 2.15. The highest BCUT2D eigenvalue weighted by molar-refractivity contribution is 5.74. The Morgan fingerprint density at radius 2 is 1.09 bits per heavy atom. The van der Waals surface area contributed by atoms with Crippen LogP contribution >= 0.6 is 0 Å². The van der Waals surface area contributed by atoms with Crippen molar-refractivity contribution in [3.8, 4) is 22.9 Å². The summed E-state index contributed by atoms with van der Waals surface area (Å²) in [5, 5.41) is 38.5. The Morgan fingerprint density at radius 1 is 0.605 bits per heavy atom. The lowest BCUT2D eigenvalue weighted by atomic mass is 9.96. The van der Waals surface area contributed by atoms with Crippen molar-refractivity contribution in [1.29, 1.82) is 0 Å². The van der Waals surface area contributed by atoms with E-state index >= 15 is 0 Å². The molecule has 0 radical (unpaired) electrons. The van der Waals surface area contributed by atoms with Crippen molar-refractivity contribution in [3.63, 3.8) is 0 Å². The van der Waals surface area contributed by atoms with Crippen LogP contribution in [0.3, 0.4) is 0 Å². The molecule has 6 rings (SSSR count). The minimum Gasteiger partial charge on any atom is -0.506 e. The van der Waals surface area contributed by atoms with Crippen LogP contribution in [0.2, 0.25) is 0 Å². The quantitative estimate of drug-likeness (QED) is 0.192. The highest BCUT2D eigenvalue weighted by atomic mass is 16.3. The van der Waals surface area contributed by atoms with E-state index in [2.05, 4.69) is 54.2 Å². The number of benzene rings is 4. The maximum atomic E-state index is 10.9. The molecular formula is C35H40N6O2. The van der Waals surface area contributed by atoms with E-state index in [1.807, 2.05) is 73.7 Å². The third kappa shape index (κ3) is 7.20. The molecule has 43 heavy (non-hydrogen) atoms. The molecule has 0 aliphatic carbocycles. The van der Waals surface area contributed by atoms with Gasteiger partial charge in [-0.05, 0) is 104 Å². The van der Waals surface area contributed by atoms with E-state index < -0.39 is 0 Å². The molecular weight excluding hydrogens is 536 g/mol. The first-order valence-corrected chi connectivity index (χ1v) is 15.0. The van der Waals surface area contributed by atoms with Gasteiger partial charge in [-0.1, -0.05) is 64.1 Å². The molecule has 6 aromatic rings. The van der Waals surface area contributed by atoms with Gasteiger partial charge < -0.3 is 10.2 Å². The molecule has 0 fully saturated rings. The van der Waals surface area contributed by atoms with Crippen LogP contribution in [0.15, 0.2) is 78.9 Å². The van der Waals surface area contributed by atoms with Crippen molar-refractivity contribution in [2.24, 2.45) is 11.8 Å². The van der Waals surface area contributed by atoms with E-state index in [1.54, 1.807) is 10.9 Å². The monoisotopic (exact) mass is 576 g/mol. The molecule has 2 heterocycles. The second-order valence-electron chi connectivity index (χ2n) is 11.9. The molecule has 0 amide bonds. The fourth-order valence-electron chi connectivity index (χ4n) is 4.86. The summed E-state index contributed by atoms with van der Waals surface area (Å²) in [6.07, 6.45) is 4.05. The molecule has 0 aliphatic heterocycles. The topological polar surface area (TPSA) is 102 Å². The average Bonchev–Trinajstić information content (AvgIpc) is 3.62. The van der Waals surface area contributed by atoms with E-state index in [0.717, 1.165) is 58.9 Å². The number of aryl methyl sites for hydroxylation is 3. The standard InChI is InChI=1S/C22H29N3O.C13H11N3O/c1-15(2)9-11-17-13-18(12-10-16(3)4)22(26)21(14-17)25-23-19-7-5-6-8-20(19)24-25;1-9-6-7-13(17)12(8-9)16-14-10-4-2-3-5-11(10)15-16/h5-8,13-16,26H,9-12H2,1-4H3;2-8,17H,1H3. The molecule has 0 unspecified atom stereocenters. The third-order valence-corrected chi connectivity index (χ3v) is 7.37. The minimum atomic E-state index is 0.177. The summed E-state index contributed by atoms with van der Waals surface area (Å²) in [4.78, 5) is 3.05. The van der Waals surface area contributed by atoms with Crippen molar-refractivity contribution in [3.05, 3.63) is 95.6 Å². The number of rotatable bonds is 8. The molecule has 2 aromatic heterocycles. The lowest BCUT2D eigenvalue weighted by molar-refractivity contribution is 0.455. The maximum absolute atomic E-state index is 10.9. The molecule has 0 aliphatic rings. The van der Waals surface area contributed by atoms with Crippen LogP contribution in [0.5, 0.6) is 11.5 Å². The fraction of sp³-hybridized carbons (Fsp3) is 0.314. The van der Waals surface area contributed by atoms with Gasteiger partial charge in [0.15, 0.2) is 0 Å². The van der Waals surface area contributed by atoms with Crippen molar-refractivity contribution >= 4 is 22.1 Å². The zero-order valence-electron chi connectivity index (χ0n) is 25.6. The molecule has 0 spiro atoms. The minimum absolute atomic E-state index is 0.177. The number of phenols is 2. The van der Waals surface area contributed by atoms with Crippen LogP contribution in [0, 0.1) is 18.8 Å². The normalized spacial score (nSPS) is 11.4. The van der Waals surface area contributed by atoms with Gasteiger partial charge in [-0.25, -0.2) is 0 Å². The van der Waals surface area contributed by atoms with Crippen LogP contribution < -0.4 is 0 Å². The second-order valence-corrected chi connectivity index (χ2v) is 11.9. The summed E-state index contributed by atoms with van der Waals surface area (Å²) < 4.78 is 0. The van der Waals surface area contributed by atoms with Crippen LogP contribution in [-0.2, 0) is 12.8 Å². The number of aromatic nitrogens is 6. The van der Waals surface area contributed by atoms with E-state index in [9.17, 15) is 10.2 Å². The predicted octanol–water partition coefficient (Wildman–Crippen LogP) is 7.74. The van der Waals surface area contributed by atoms with Crippen molar-refractivity contribution in [1.82, 2.24) is 30.0 Å². The second kappa shape index (κ2) is 13.1. The lowest BCUT2D eigenvalue weighted by Gasteiger charge is -2.14. The average molecular weight is 577 g/mol. The Hall–Kier alpha value is -4.72. The smallest absolute Gasteiger partial charge is 0.146 e. The lowest BCUT2D eigenvalue weighted by Crippen LogP contribution is -2.04. The van der Waals surface area contributed by atoms with Gasteiger partial charge >= 0.3 is 0 Å². The summed E-state index contributed by atoms with van der Waals surface area (Å²) in [5.41, 5.74) is 7.87. The summed E-state index contributed by atoms with van der Waals surface area (Å²) in [7, 11) is 0. The molecule has 0 saturated heterocycles. The third-order valence-electron chi connectivity index (χ3n) is 7.37. The van der Waals surface area contributed by atoms with Crippen LogP contribution in [0.25, 0.3) is 33.4 Å². The summed E-state index contributed by atoms with van der Waals surface area (Å²) in [6.45, 7) is 10.9. The Morgan fingerprint density at radius 3 is 1.60 bits per heavy atom. The molecule has 8 nitrogen and oxygen atoms in total. The maximum Gasteiger partial charge on any atom is 0.146 e. The molecule has 0 atom stereocenters. The number of phenolic OH excluding ortho intramolecular Hbond substituents is 2. The Labute approximate surface area is 252 Å². The van der Waals surface area contributed by atoms with Crippen LogP contribution in [0.1, 0.15) is 57.2 Å². The zero-order chi connectivity index (χ0) is 30.5. The number of aromatic hydroxyl groups is 2. The first-order chi connectivity index (χ1) is 20.7. The van der Waals surface area contributed by atoms with Crippen LogP contribution in [0.4, 0.5) is 0 Å². The van der Waals surface area contributed by atoms with Gasteiger partial charge in [0.1, 0.15) is 44.9 Å². The van der Waals surface area contributed by atoms with Gasteiger partial charge in [-0.2, -0.15) is 0 Å². The van der Waals surface area contributed by atoms with Gasteiger partial charge in [0, 0.05) is 0 Å². The molecule has 0 bridgehead atoms.